The van der Waals surface area contributed by atoms with Crippen molar-refractivity contribution in [3.05, 3.63) is 21.9 Å². The Morgan fingerprint density at radius 1 is 1.58 bits per heavy atom. The minimum atomic E-state index is -0.0761. The number of thiophene rings is 1. The number of nitrogens with one attached hydrogen (secondary N) is 1. The molecule has 0 aliphatic rings. The lowest BCUT2D eigenvalue weighted by Gasteiger charge is -2.13. The highest BCUT2D eigenvalue weighted by molar-refractivity contribution is 7.12. The molecule has 0 atom stereocenters. The summed E-state index contributed by atoms with van der Waals surface area (Å²) in [5.41, 5.74) is 0.736. The number of aliphatic hydroxyl groups is 1. The molecule has 1 amide bonds. The summed E-state index contributed by atoms with van der Waals surface area (Å²) in [5.74, 6) is 5.67. The van der Waals surface area contributed by atoms with Gasteiger partial charge in [-0.3, -0.25) is 4.79 Å². The number of aliphatic hydroxyl groups excluding tert-OH is 1. The zero-order chi connectivity index (χ0) is 14.1. The number of nitrogens with zero attached hydrogens (tertiary/aromatic N) is 1. The molecule has 104 valence electrons. The van der Waals surface area contributed by atoms with Crippen LogP contribution in [0.5, 0.6) is 0 Å². The Bertz CT molecular complexity index is 460. The predicted molar refractivity (Wildman–Crippen MR) is 78.4 cm³/mol. The summed E-state index contributed by atoms with van der Waals surface area (Å²) in [6.45, 7) is 4.55. The largest absolute Gasteiger partial charge is 0.395 e. The van der Waals surface area contributed by atoms with Crippen LogP contribution in [0.2, 0.25) is 0 Å². The number of hydrogen-bond donors (Lipinski definition) is 2. The second-order valence-electron chi connectivity index (χ2n) is 4.09. The van der Waals surface area contributed by atoms with Crippen molar-refractivity contribution in [3.63, 3.8) is 0 Å². The first-order valence-electron chi connectivity index (χ1n) is 6.33. The average molecular weight is 280 g/mol. The van der Waals surface area contributed by atoms with Crippen LogP contribution in [0.15, 0.2) is 11.4 Å². The van der Waals surface area contributed by atoms with Crippen LogP contribution >= 0.6 is 11.3 Å². The Labute approximate surface area is 118 Å². The summed E-state index contributed by atoms with van der Waals surface area (Å²) in [6.07, 6.45) is 0.429. The lowest BCUT2D eigenvalue weighted by Crippen LogP contribution is -2.32. The van der Waals surface area contributed by atoms with Gasteiger partial charge in [-0.25, -0.2) is 0 Å². The molecule has 0 fully saturated rings. The molecule has 19 heavy (non-hydrogen) atoms. The molecule has 0 unspecified atom stereocenters. The first-order chi connectivity index (χ1) is 9.19. The van der Waals surface area contributed by atoms with Gasteiger partial charge in [0.05, 0.1) is 6.61 Å². The van der Waals surface area contributed by atoms with Crippen LogP contribution in [0.3, 0.4) is 0 Å². The van der Waals surface area contributed by atoms with E-state index in [0.29, 0.717) is 17.8 Å². The van der Waals surface area contributed by atoms with E-state index in [4.69, 9.17) is 5.11 Å². The molecule has 1 aromatic heterocycles. The second kappa shape index (κ2) is 8.70. The monoisotopic (exact) mass is 280 g/mol. The molecule has 0 aliphatic heterocycles. The van der Waals surface area contributed by atoms with E-state index in [-0.39, 0.29) is 12.5 Å². The van der Waals surface area contributed by atoms with E-state index in [0.717, 1.165) is 18.7 Å². The maximum absolute atomic E-state index is 12.0. The number of amides is 1. The molecule has 0 saturated heterocycles. The van der Waals surface area contributed by atoms with E-state index in [1.165, 1.54) is 11.3 Å². The van der Waals surface area contributed by atoms with E-state index >= 15 is 0 Å². The second-order valence-corrected chi connectivity index (χ2v) is 5.01. The van der Waals surface area contributed by atoms with Crippen molar-refractivity contribution in [3.8, 4) is 11.8 Å². The SMILES string of the molecule is CCN(C)CCNC(=O)c1sccc1C#CCCO. The standard InChI is InChI=1S/C14H20N2O2S/c1-3-16(2)9-8-15-14(18)13-12(7-11-19-13)6-4-5-10-17/h7,11,17H,3,5,8-10H2,1-2H3,(H,15,18). The summed E-state index contributed by atoms with van der Waals surface area (Å²) in [6, 6.07) is 1.84. The van der Waals surface area contributed by atoms with Crippen molar-refractivity contribution in [1.82, 2.24) is 10.2 Å². The third-order valence-electron chi connectivity index (χ3n) is 2.65. The van der Waals surface area contributed by atoms with Gasteiger partial charge < -0.3 is 15.3 Å². The number of hydrogen-bond acceptors (Lipinski definition) is 4. The first kappa shape index (κ1) is 15.7. The Kier molecular flexibility index (Phi) is 7.19. The van der Waals surface area contributed by atoms with Crippen molar-refractivity contribution in [2.45, 2.75) is 13.3 Å². The van der Waals surface area contributed by atoms with Crippen LogP contribution in [0.1, 0.15) is 28.6 Å². The molecule has 1 rings (SSSR count). The number of carbonyl (C=O) groups excluding carboxylic acids is 1. The Hall–Kier alpha value is -1.35. The maximum Gasteiger partial charge on any atom is 0.262 e. The van der Waals surface area contributed by atoms with E-state index in [9.17, 15) is 4.79 Å². The van der Waals surface area contributed by atoms with Crippen LogP contribution in [-0.2, 0) is 0 Å². The summed E-state index contributed by atoms with van der Waals surface area (Å²) in [5, 5.41) is 13.4. The van der Waals surface area contributed by atoms with Crippen molar-refractivity contribution in [1.29, 1.82) is 0 Å². The minimum Gasteiger partial charge on any atom is -0.395 e. The van der Waals surface area contributed by atoms with Gasteiger partial charge in [0, 0.05) is 25.1 Å². The molecular formula is C14H20N2O2S. The van der Waals surface area contributed by atoms with Gasteiger partial charge in [-0.15, -0.1) is 11.3 Å². The third kappa shape index (κ3) is 5.43. The molecule has 0 bridgehead atoms. The fraction of sp³-hybridized carbons (Fsp3) is 0.500. The Morgan fingerprint density at radius 2 is 2.37 bits per heavy atom. The Morgan fingerprint density at radius 3 is 3.05 bits per heavy atom. The van der Waals surface area contributed by atoms with E-state index in [2.05, 4.69) is 29.0 Å². The summed E-state index contributed by atoms with van der Waals surface area (Å²) < 4.78 is 0. The van der Waals surface area contributed by atoms with Crippen molar-refractivity contribution in [2.24, 2.45) is 0 Å². The molecule has 5 heteroatoms. The van der Waals surface area contributed by atoms with E-state index in [1.54, 1.807) is 0 Å². The van der Waals surface area contributed by atoms with Crippen LogP contribution in [0.25, 0.3) is 0 Å². The highest BCUT2D eigenvalue weighted by atomic mass is 32.1. The lowest BCUT2D eigenvalue weighted by molar-refractivity contribution is 0.0954. The molecule has 2 N–H and O–H groups in total. The zero-order valence-electron chi connectivity index (χ0n) is 11.4. The van der Waals surface area contributed by atoms with E-state index in [1.807, 2.05) is 18.5 Å². The number of likely N-dealkylation sites (N-methyl/N-ethyl adjacent to an activating group) is 1. The number of carbonyl (C=O) groups is 1. The van der Waals surface area contributed by atoms with Gasteiger partial charge in [-0.1, -0.05) is 18.8 Å². The van der Waals surface area contributed by atoms with Crippen LogP contribution in [0.4, 0.5) is 0 Å². The highest BCUT2D eigenvalue weighted by Crippen LogP contribution is 2.15. The predicted octanol–water partition coefficient (Wildman–Crippen LogP) is 1.16. The molecule has 0 aromatic carbocycles. The third-order valence-corrected chi connectivity index (χ3v) is 3.56. The zero-order valence-corrected chi connectivity index (χ0v) is 12.2. The smallest absolute Gasteiger partial charge is 0.262 e. The van der Waals surface area contributed by atoms with Crippen molar-refractivity contribution >= 4 is 17.2 Å². The van der Waals surface area contributed by atoms with Gasteiger partial charge in [-0.2, -0.15) is 0 Å². The minimum absolute atomic E-state index is 0.0437. The fourth-order valence-electron chi connectivity index (χ4n) is 1.40. The molecule has 0 spiro atoms. The molecule has 0 saturated carbocycles. The van der Waals surface area contributed by atoms with Gasteiger partial charge in [0.1, 0.15) is 4.88 Å². The van der Waals surface area contributed by atoms with Crippen LogP contribution in [-0.4, -0.2) is 49.2 Å². The van der Waals surface area contributed by atoms with Gasteiger partial charge >= 0.3 is 0 Å². The van der Waals surface area contributed by atoms with Crippen LogP contribution < -0.4 is 5.32 Å². The highest BCUT2D eigenvalue weighted by Gasteiger charge is 2.11. The quantitative estimate of drug-likeness (QED) is 0.769. The molecule has 4 nitrogen and oxygen atoms in total. The molecule has 1 aromatic rings. The van der Waals surface area contributed by atoms with Crippen molar-refractivity contribution < 1.29 is 9.90 Å². The topological polar surface area (TPSA) is 52.6 Å². The molecular weight excluding hydrogens is 260 g/mol. The average Bonchev–Trinajstić information content (AvgIpc) is 2.87. The molecule has 0 radical (unpaired) electrons. The van der Waals surface area contributed by atoms with E-state index < -0.39 is 0 Å². The van der Waals surface area contributed by atoms with Gasteiger partial charge in [-0.05, 0) is 25.0 Å². The Balaban J connectivity index is 2.53. The van der Waals surface area contributed by atoms with Gasteiger partial charge in [0.2, 0.25) is 0 Å². The fourth-order valence-corrected chi connectivity index (χ4v) is 2.16. The number of rotatable bonds is 6. The maximum atomic E-state index is 12.0. The van der Waals surface area contributed by atoms with Gasteiger partial charge in [0.25, 0.3) is 5.91 Å². The van der Waals surface area contributed by atoms with Crippen molar-refractivity contribution in [2.75, 3.05) is 33.3 Å². The van der Waals surface area contributed by atoms with Gasteiger partial charge in [0.15, 0.2) is 0 Å². The summed E-state index contributed by atoms with van der Waals surface area (Å²) in [7, 11) is 2.02. The summed E-state index contributed by atoms with van der Waals surface area (Å²) in [4.78, 5) is 14.8. The first-order valence-corrected chi connectivity index (χ1v) is 7.21. The molecule has 1 heterocycles. The molecule has 0 aliphatic carbocycles. The normalized spacial score (nSPS) is 10.1. The lowest BCUT2D eigenvalue weighted by atomic mass is 10.2. The van der Waals surface area contributed by atoms with Crippen LogP contribution in [0, 0.1) is 11.8 Å². The summed E-state index contributed by atoms with van der Waals surface area (Å²) >= 11 is 1.39.